The van der Waals surface area contributed by atoms with Gasteiger partial charge in [-0.3, -0.25) is 0 Å². The number of nitrogens with two attached hydrogens (primary N) is 1. The van der Waals surface area contributed by atoms with Crippen LogP contribution in [0.2, 0.25) is 0 Å². The summed E-state index contributed by atoms with van der Waals surface area (Å²) < 4.78 is 5.13. The number of aromatic nitrogens is 1. The van der Waals surface area contributed by atoms with Gasteiger partial charge in [-0.1, -0.05) is 12.1 Å². The summed E-state index contributed by atoms with van der Waals surface area (Å²) in [6.07, 6.45) is 1.66. The minimum Gasteiger partial charge on any atom is -0.423 e. The average molecular weight is 204 g/mol. The summed E-state index contributed by atoms with van der Waals surface area (Å²) in [4.78, 5) is 14.3. The zero-order valence-electron chi connectivity index (χ0n) is 8.36. The zero-order valence-corrected chi connectivity index (χ0v) is 8.36. The number of aromatic amines is 1. The topological polar surface area (TPSA) is 68.1 Å². The van der Waals surface area contributed by atoms with E-state index in [2.05, 4.69) is 4.98 Å². The average Bonchev–Trinajstić information content (AvgIpc) is 2.62. The molecule has 0 aliphatic carbocycles. The van der Waals surface area contributed by atoms with E-state index in [9.17, 15) is 4.79 Å². The van der Waals surface area contributed by atoms with Crippen LogP contribution in [-0.2, 0) is 4.79 Å². The van der Waals surface area contributed by atoms with Gasteiger partial charge < -0.3 is 15.5 Å². The number of ether oxygens (including phenoxy) is 1. The molecule has 0 aliphatic heterocycles. The Morgan fingerprint density at radius 3 is 2.93 bits per heavy atom. The van der Waals surface area contributed by atoms with Crippen LogP contribution in [-0.4, -0.2) is 17.0 Å². The third kappa shape index (κ3) is 1.85. The van der Waals surface area contributed by atoms with Crippen molar-refractivity contribution in [3.63, 3.8) is 0 Å². The van der Waals surface area contributed by atoms with E-state index in [1.807, 2.05) is 24.3 Å². The molecule has 1 aromatic carbocycles. The Morgan fingerprint density at radius 2 is 2.20 bits per heavy atom. The Morgan fingerprint density at radius 1 is 1.47 bits per heavy atom. The molecule has 0 spiro atoms. The van der Waals surface area contributed by atoms with Gasteiger partial charge in [-0.05, 0) is 19.1 Å². The lowest BCUT2D eigenvalue weighted by molar-refractivity contribution is -0.135. The molecule has 0 fully saturated rings. The fourth-order valence-electron chi connectivity index (χ4n) is 1.33. The van der Waals surface area contributed by atoms with E-state index in [0.717, 1.165) is 10.9 Å². The summed E-state index contributed by atoms with van der Waals surface area (Å²) in [5, 5.41) is 0.881. The molecule has 1 heterocycles. The molecule has 0 saturated carbocycles. The molecular formula is C11H12N2O2. The highest BCUT2D eigenvalue weighted by Crippen LogP contribution is 2.24. The lowest BCUT2D eigenvalue weighted by Crippen LogP contribution is -2.30. The quantitative estimate of drug-likeness (QED) is 0.727. The molecule has 1 atom stereocenters. The van der Waals surface area contributed by atoms with Crippen LogP contribution in [0, 0.1) is 0 Å². The smallest absolute Gasteiger partial charge is 0.328 e. The number of carbonyl (C=O) groups excluding carboxylic acids is 1. The number of hydrogen-bond donors (Lipinski definition) is 2. The molecule has 4 nitrogen and oxygen atoms in total. The molecule has 0 aliphatic rings. The van der Waals surface area contributed by atoms with E-state index in [0.29, 0.717) is 5.75 Å². The predicted molar refractivity (Wildman–Crippen MR) is 57.6 cm³/mol. The maximum absolute atomic E-state index is 11.3. The molecular weight excluding hydrogens is 192 g/mol. The third-order valence-corrected chi connectivity index (χ3v) is 2.13. The molecule has 0 bridgehead atoms. The van der Waals surface area contributed by atoms with Crippen molar-refractivity contribution in [2.24, 2.45) is 5.73 Å². The maximum Gasteiger partial charge on any atom is 0.328 e. The first-order chi connectivity index (χ1) is 7.18. The van der Waals surface area contributed by atoms with Crippen LogP contribution in [0.15, 0.2) is 30.5 Å². The lowest BCUT2D eigenvalue weighted by atomic mass is 10.2. The minimum atomic E-state index is -0.612. The highest BCUT2D eigenvalue weighted by molar-refractivity contribution is 5.89. The Labute approximate surface area is 87.0 Å². The number of H-pyrrole nitrogens is 1. The number of nitrogens with one attached hydrogen (secondary N) is 1. The van der Waals surface area contributed by atoms with Gasteiger partial charge in [0.15, 0.2) is 5.75 Å². The van der Waals surface area contributed by atoms with Gasteiger partial charge in [0.05, 0.1) is 0 Å². The number of esters is 1. The van der Waals surface area contributed by atoms with Crippen molar-refractivity contribution in [1.29, 1.82) is 0 Å². The normalized spacial score (nSPS) is 12.7. The van der Waals surface area contributed by atoms with Gasteiger partial charge in [-0.15, -0.1) is 0 Å². The van der Waals surface area contributed by atoms with Crippen molar-refractivity contribution in [3.05, 3.63) is 30.5 Å². The van der Waals surface area contributed by atoms with Crippen LogP contribution in [0.25, 0.3) is 10.9 Å². The fourth-order valence-corrected chi connectivity index (χ4v) is 1.33. The van der Waals surface area contributed by atoms with E-state index < -0.39 is 12.0 Å². The minimum absolute atomic E-state index is 0.431. The summed E-state index contributed by atoms with van der Waals surface area (Å²) in [7, 11) is 0. The Kier molecular flexibility index (Phi) is 2.43. The Balaban J connectivity index is 2.33. The van der Waals surface area contributed by atoms with Crippen molar-refractivity contribution in [2.45, 2.75) is 13.0 Å². The summed E-state index contributed by atoms with van der Waals surface area (Å²) in [5.41, 5.74) is 6.35. The SMILES string of the molecule is C[C@H](N)C(=O)Oc1c[nH]c2ccccc12. The van der Waals surface area contributed by atoms with Gasteiger partial charge in [0, 0.05) is 17.1 Å². The molecule has 2 rings (SSSR count). The Bertz CT molecular complexity index is 488. The first kappa shape index (κ1) is 9.73. The van der Waals surface area contributed by atoms with Crippen LogP contribution in [0.5, 0.6) is 5.75 Å². The molecule has 0 saturated heterocycles. The zero-order chi connectivity index (χ0) is 10.8. The highest BCUT2D eigenvalue weighted by atomic mass is 16.5. The largest absolute Gasteiger partial charge is 0.423 e. The van der Waals surface area contributed by atoms with Gasteiger partial charge >= 0.3 is 5.97 Å². The van der Waals surface area contributed by atoms with Gasteiger partial charge in [0.1, 0.15) is 6.04 Å². The molecule has 0 amide bonds. The van der Waals surface area contributed by atoms with E-state index in [-0.39, 0.29) is 0 Å². The second-order valence-electron chi connectivity index (χ2n) is 3.41. The van der Waals surface area contributed by atoms with E-state index in [1.54, 1.807) is 13.1 Å². The first-order valence-electron chi connectivity index (χ1n) is 4.72. The van der Waals surface area contributed by atoms with Crippen LogP contribution in [0.3, 0.4) is 0 Å². The number of hydrogen-bond acceptors (Lipinski definition) is 3. The number of carbonyl (C=O) groups is 1. The predicted octanol–water partition coefficient (Wildman–Crippen LogP) is 1.42. The second-order valence-corrected chi connectivity index (χ2v) is 3.41. The van der Waals surface area contributed by atoms with Crippen LogP contribution >= 0.6 is 0 Å². The molecule has 1 aromatic heterocycles. The Hall–Kier alpha value is -1.81. The van der Waals surface area contributed by atoms with Gasteiger partial charge in [0.25, 0.3) is 0 Å². The second kappa shape index (κ2) is 3.74. The summed E-state index contributed by atoms with van der Waals surface area (Å²) in [6, 6.07) is 6.99. The van der Waals surface area contributed by atoms with Crippen molar-refractivity contribution >= 4 is 16.9 Å². The standard InChI is InChI=1S/C11H12N2O2/c1-7(12)11(14)15-10-6-13-9-5-3-2-4-8(9)10/h2-7,13H,12H2,1H3/t7-/m0/s1. The molecule has 4 heteroatoms. The van der Waals surface area contributed by atoms with Crippen LogP contribution < -0.4 is 10.5 Å². The summed E-state index contributed by atoms with van der Waals surface area (Å²) in [5.74, 6) is 0.0904. The van der Waals surface area contributed by atoms with Crippen molar-refractivity contribution in [1.82, 2.24) is 4.98 Å². The molecule has 15 heavy (non-hydrogen) atoms. The van der Waals surface area contributed by atoms with Crippen molar-refractivity contribution < 1.29 is 9.53 Å². The van der Waals surface area contributed by atoms with Gasteiger partial charge in [-0.25, -0.2) is 4.79 Å². The number of rotatable bonds is 2. The van der Waals surface area contributed by atoms with E-state index >= 15 is 0 Å². The van der Waals surface area contributed by atoms with Crippen molar-refractivity contribution in [3.8, 4) is 5.75 Å². The third-order valence-electron chi connectivity index (χ3n) is 2.13. The molecule has 3 N–H and O–H groups in total. The maximum atomic E-state index is 11.3. The van der Waals surface area contributed by atoms with E-state index in [4.69, 9.17) is 10.5 Å². The van der Waals surface area contributed by atoms with Gasteiger partial charge in [0.2, 0.25) is 0 Å². The number of para-hydroxylation sites is 1. The van der Waals surface area contributed by atoms with E-state index in [1.165, 1.54) is 0 Å². The molecule has 0 unspecified atom stereocenters. The molecule has 0 radical (unpaired) electrons. The van der Waals surface area contributed by atoms with Gasteiger partial charge in [-0.2, -0.15) is 0 Å². The lowest BCUT2D eigenvalue weighted by Gasteiger charge is -2.04. The number of benzene rings is 1. The summed E-state index contributed by atoms with van der Waals surface area (Å²) >= 11 is 0. The number of fused-ring (bicyclic) bond motifs is 1. The highest BCUT2D eigenvalue weighted by Gasteiger charge is 2.12. The van der Waals surface area contributed by atoms with Crippen LogP contribution in [0.1, 0.15) is 6.92 Å². The van der Waals surface area contributed by atoms with Crippen molar-refractivity contribution in [2.75, 3.05) is 0 Å². The molecule has 78 valence electrons. The fraction of sp³-hybridized carbons (Fsp3) is 0.182. The molecule has 2 aromatic rings. The summed E-state index contributed by atoms with van der Waals surface area (Å²) in [6.45, 7) is 1.59. The van der Waals surface area contributed by atoms with Crippen LogP contribution in [0.4, 0.5) is 0 Å². The monoisotopic (exact) mass is 204 g/mol. The first-order valence-corrected chi connectivity index (χ1v) is 4.72.